The number of allylic oxidation sites excluding steroid dienone is 1. The van der Waals surface area contributed by atoms with Gasteiger partial charge in [-0.2, -0.15) is 0 Å². The summed E-state index contributed by atoms with van der Waals surface area (Å²) in [6.45, 7) is 4.44. The number of carbonyl (C=O) groups is 2. The predicted octanol–water partition coefficient (Wildman–Crippen LogP) is 1.59. The minimum Gasteiger partial charge on any atom is -0.465 e. The Morgan fingerprint density at radius 2 is 2.05 bits per heavy atom. The van der Waals surface area contributed by atoms with E-state index in [1.807, 2.05) is 19.9 Å². The van der Waals surface area contributed by atoms with Crippen molar-refractivity contribution >= 4 is 33.9 Å². The molecule has 0 radical (unpaired) electrons. The van der Waals surface area contributed by atoms with Crippen molar-refractivity contribution in [2.75, 3.05) is 24.7 Å². The van der Waals surface area contributed by atoms with Crippen molar-refractivity contribution in [3.63, 3.8) is 0 Å². The van der Waals surface area contributed by atoms with Gasteiger partial charge >= 0.3 is 5.97 Å². The Morgan fingerprint density at radius 3 is 2.53 bits per heavy atom. The number of nitrogens with one attached hydrogen (secondary N) is 1. The quantitative estimate of drug-likeness (QED) is 0.562. The third-order valence-corrected chi connectivity index (χ3v) is 3.51. The average molecular weight is 283 g/mol. The largest absolute Gasteiger partial charge is 0.465 e. The van der Waals surface area contributed by atoms with Crippen LogP contribution in [0.2, 0.25) is 0 Å². The highest BCUT2D eigenvalue weighted by molar-refractivity contribution is 7.19. The van der Waals surface area contributed by atoms with Gasteiger partial charge in [-0.05, 0) is 13.8 Å². The van der Waals surface area contributed by atoms with Crippen LogP contribution in [0.1, 0.15) is 33.9 Å². The normalized spacial score (nSPS) is 9.84. The Kier molecular flexibility index (Phi) is 4.94. The summed E-state index contributed by atoms with van der Waals surface area (Å²) in [4.78, 5) is 23.1. The van der Waals surface area contributed by atoms with Crippen LogP contribution >= 0.6 is 11.3 Å². The molecule has 0 saturated heterocycles. The Labute approximate surface area is 115 Å². The smallest absolute Gasteiger partial charge is 0.343 e. The lowest BCUT2D eigenvalue weighted by molar-refractivity contribution is 0.0603. The van der Waals surface area contributed by atoms with Gasteiger partial charge in [0.25, 0.3) is 5.91 Å². The lowest BCUT2D eigenvalue weighted by atomic mass is 10.2. The second-order valence-corrected chi connectivity index (χ2v) is 5.09. The maximum Gasteiger partial charge on any atom is 0.343 e. The second-order valence-electron chi connectivity index (χ2n) is 4.07. The van der Waals surface area contributed by atoms with E-state index >= 15 is 0 Å². The number of hydrogen-bond acceptors (Lipinski definition) is 6. The van der Waals surface area contributed by atoms with Crippen LogP contribution in [0.4, 0.5) is 10.7 Å². The van der Waals surface area contributed by atoms with Crippen molar-refractivity contribution in [3.05, 3.63) is 22.1 Å². The Balaban J connectivity index is 3.14. The second kappa shape index (κ2) is 6.24. The Bertz CT molecular complexity index is 531. The number of thiophene rings is 1. The summed E-state index contributed by atoms with van der Waals surface area (Å²) in [5, 5.41) is 3.51. The minimum absolute atomic E-state index is 0.0593. The van der Waals surface area contributed by atoms with Crippen LogP contribution in [0.15, 0.2) is 11.6 Å². The molecule has 0 aromatic carbocycles. The zero-order chi connectivity index (χ0) is 14.6. The molecule has 0 aliphatic rings. The number of anilines is 2. The van der Waals surface area contributed by atoms with Gasteiger partial charge in [-0.3, -0.25) is 4.79 Å². The van der Waals surface area contributed by atoms with Crippen LogP contribution in [-0.4, -0.2) is 25.5 Å². The standard InChI is InChI=1S/C12H17N3O3S/c1-6(2)4-5-15-11-7(12(17)18-3)8(13)9(19-11)10(14)16/h4,15H,5,13H2,1-3H3,(H2,14,16). The van der Waals surface area contributed by atoms with E-state index in [1.165, 1.54) is 7.11 Å². The van der Waals surface area contributed by atoms with E-state index in [9.17, 15) is 9.59 Å². The molecule has 1 aromatic heterocycles. The molecule has 0 fully saturated rings. The molecule has 1 rings (SSSR count). The van der Waals surface area contributed by atoms with E-state index in [0.29, 0.717) is 11.5 Å². The van der Waals surface area contributed by atoms with Gasteiger partial charge < -0.3 is 21.5 Å². The van der Waals surface area contributed by atoms with Gasteiger partial charge in [-0.1, -0.05) is 11.6 Å². The van der Waals surface area contributed by atoms with Gasteiger partial charge in [-0.15, -0.1) is 11.3 Å². The molecule has 1 amide bonds. The maximum absolute atomic E-state index is 11.7. The molecule has 0 atom stereocenters. The summed E-state index contributed by atoms with van der Waals surface area (Å²) >= 11 is 1.05. The number of hydrogen-bond donors (Lipinski definition) is 3. The molecule has 7 heteroatoms. The zero-order valence-electron chi connectivity index (χ0n) is 11.1. The van der Waals surface area contributed by atoms with Crippen molar-refractivity contribution in [2.45, 2.75) is 13.8 Å². The first-order valence-electron chi connectivity index (χ1n) is 5.56. The number of carbonyl (C=O) groups excluding carboxylic acids is 2. The number of nitrogens with two attached hydrogens (primary N) is 2. The van der Waals surface area contributed by atoms with Gasteiger partial charge in [0.1, 0.15) is 15.4 Å². The molecule has 6 nitrogen and oxygen atoms in total. The SMILES string of the molecule is COC(=O)c1c(NCC=C(C)C)sc(C(N)=O)c1N. The van der Waals surface area contributed by atoms with Crippen LogP contribution in [0.5, 0.6) is 0 Å². The van der Waals surface area contributed by atoms with Gasteiger partial charge in [0.2, 0.25) is 0 Å². The van der Waals surface area contributed by atoms with Crippen LogP contribution < -0.4 is 16.8 Å². The monoisotopic (exact) mass is 283 g/mol. The molecular weight excluding hydrogens is 266 g/mol. The molecule has 0 aliphatic heterocycles. The Morgan fingerprint density at radius 1 is 1.42 bits per heavy atom. The predicted molar refractivity (Wildman–Crippen MR) is 76.5 cm³/mol. The highest BCUT2D eigenvalue weighted by Crippen LogP contribution is 2.35. The highest BCUT2D eigenvalue weighted by Gasteiger charge is 2.24. The lowest BCUT2D eigenvalue weighted by Crippen LogP contribution is -2.12. The third-order valence-electron chi connectivity index (χ3n) is 2.33. The van der Waals surface area contributed by atoms with E-state index in [-0.39, 0.29) is 16.1 Å². The van der Waals surface area contributed by atoms with Crippen molar-refractivity contribution in [2.24, 2.45) is 5.73 Å². The Hall–Kier alpha value is -2.02. The highest BCUT2D eigenvalue weighted by atomic mass is 32.1. The van der Waals surface area contributed by atoms with E-state index in [4.69, 9.17) is 11.5 Å². The summed E-state index contributed by atoms with van der Waals surface area (Å²) in [6.07, 6.45) is 1.95. The van der Waals surface area contributed by atoms with Crippen LogP contribution in [0.25, 0.3) is 0 Å². The minimum atomic E-state index is -0.664. The van der Waals surface area contributed by atoms with E-state index < -0.39 is 11.9 Å². The number of primary amides is 1. The number of ether oxygens (including phenoxy) is 1. The van der Waals surface area contributed by atoms with Crippen LogP contribution in [0.3, 0.4) is 0 Å². The third kappa shape index (κ3) is 3.47. The van der Waals surface area contributed by atoms with Gasteiger partial charge in [0.05, 0.1) is 12.8 Å². The first-order valence-corrected chi connectivity index (χ1v) is 6.37. The van der Waals surface area contributed by atoms with Gasteiger partial charge in [-0.25, -0.2) is 4.79 Å². The molecule has 0 spiro atoms. The fourth-order valence-corrected chi connectivity index (χ4v) is 2.37. The molecule has 5 N–H and O–H groups in total. The summed E-state index contributed by atoms with van der Waals surface area (Å²) in [7, 11) is 1.25. The summed E-state index contributed by atoms with van der Waals surface area (Å²) < 4.78 is 4.66. The van der Waals surface area contributed by atoms with Crippen LogP contribution in [0, 0.1) is 0 Å². The van der Waals surface area contributed by atoms with Gasteiger partial charge in [0.15, 0.2) is 0 Å². The molecule has 19 heavy (non-hydrogen) atoms. The summed E-state index contributed by atoms with van der Waals surface area (Å²) in [5.41, 5.74) is 12.3. The first-order chi connectivity index (χ1) is 8.88. The topological polar surface area (TPSA) is 107 Å². The number of nitrogen functional groups attached to an aromatic ring is 1. The van der Waals surface area contributed by atoms with E-state index in [2.05, 4.69) is 10.1 Å². The fraction of sp³-hybridized carbons (Fsp3) is 0.333. The molecule has 1 aromatic rings. The maximum atomic E-state index is 11.7. The molecule has 0 saturated carbocycles. The fourth-order valence-electron chi connectivity index (χ4n) is 1.40. The summed E-state index contributed by atoms with van der Waals surface area (Å²) in [6, 6.07) is 0. The zero-order valence-corrected chi connectivity index (χ0v) is 11.9. The number of esters is 1. The van der Waals surface area contributed by atoms with Crippen LogP contribution in [-0.2, 0) is 4.74 Å². The van der Waals surface area contributed by atoms with E-state index in [1.54, 1.807) is 0 Å². The van der Waals surface area contributed by atoms with Crippen molar-refractivity contribution in [1.29, 1.82) is 0 Å². The molecule has 1 heterocycles. The molecule has 104 valence electrons. The number of amides is 1. The lowest BCUT2D eigenvalue weighted by Gasteiger charge is -2.04. The number of rotatable bonds is 5. The number of methoxy groups -OCH3 is 1. The average Bonchev–Trinajstić information content (AvgIpc) is 2.65. The molecular formula is C12H17N3O3S. The van der Waals surface area contributed by atoms with Gasteiger partial charge in [0, 0.05) is 6.54 Å². The molecule has 0 unspecified atom stereocenters. The molecule has 0 bridgehead atoms. The van der Waals surface area contributed by atoms with Crippen molar-refractivity contribution < 1.29 is 14.3 Å². The summed E-state index contributed by atoms with van der Waals surface area (Å²) in [5.74, 6) is -1.26. The molecule has 0 aliphatic carbocycles. The van der Waals surface area contributed by atoms with Crippen molar-refractivity contribution in [3.8, 4) is 0 Å². The van der Waals surface area contributed by atoms with Crippen molar-refractivity contribution in [1.82, 2.24) is 0 Å². The first kappa shape index (κ1) is 15.0. The van der Waals surface area contributed by atoms with E-state index in [0.717, 1.165) is 16.9 Å².